The quantitative estimate of drug-likeness (QED) is 0.777. The third-order valence-electron chi connectivity index (χ3n) is 3.99. The van der Waals surface area contributed by atoms with E-state index in [1.807, 2.05) is 19.9 Å². The number of carbonyl (C=O) groups is 1. The van der Waals surface area contributed by atoms with Crippen molar-refractivity contribution in [3.63, 3.8) is 0 Å². The molecular weight excluding hydrogens is 352 g/mol. The Morgan fingerprint density at radius 2 is 1.58 bits per heavy atom. The summed E-state index contributed by atoms with van der Waals surface area (Å²) in [4.78, 5) is 13.8. The number of nitrogens with zero attached hydrogens (tertiary/aromatic N) is 2. The summed E-state index contributed by atoms with van der Waals surface area (Å²) < 4.78 is 33.0. The molecule has 1 amide bonds. The number of sulfonamides is 1. The lowest BCUT2D eigenvalue weighted by Gasteiger charge is -2.27. The lowest BCUT2D eigenvalue weighted by atomic mass is 10.2. The number of hydrogen-bond donors (Lipinski definition) is 0. The normalized spacial score (nSPS) is 11.1. The average molecular weight is 376 g/mol. The summed E-state index contributed by atoms with van der Waals surface area (Å²) in [7, 11) is 0.707. The molecule has 0 bridgehead atoms. The van der Waals surface area contributed by atoms with E-state index < -0.39 is 10.0 Å². The molecule has 0 N–H and O–H groups in total. The van der Waals surface area contributed by atoms with Crippen molar-refractivity contribution in [2.45, 2.75) is 18.7 Å². The average Bonchev–Trinajstić information content (AvgIpc) is 2.59. The summed E-state index contributed by atoms with van der Waals surface area (Å²) in [6.07, 6.45) is 0. The number of methoxy groups -OCH3 is 1. The predicted molar refractivity (Wildman–Crippen MR) is 102 cm³/mol. The number of carbonyl (C=O) groups excluding carboxylic acids is 1. The van der Waals surface area contributed by atoms with Crippen molar-refractivity contribution in [3.8, 4) is 5.75 Å². The van der Waals surface area contributed by atoms with Crippen LogP contribution in [-0.2, 0) is 14.8 Å². The second-order valence-electron chi connectivity index (χ2n) is 6.29. The Bertz CT molecular complexity index is 890. The molecule has 26 heavy (non-hydrogen) atoms. The van der Waals surface area contributed by atoms with Crippen LogP contribution < -0.4 is 9.04 Å². The molecule has 0 unspecified atom stereocenters. The molecule has 0 aromatic heterocycles. The number of rotatable bonds is 6. The van der Waals surface area contributed by atoms with E-state index >= 15 is 0 Å². The van der Waals surface area contributed by atoms with E-state index in [-0.39, 0.29) is 17.3 Å². The van der Waals surface area contributed by atoms with Gasteiger partial charge in [0.15, 0.2) is 0 Å². The fourth-order valence-corrected chi connectivity index (χ4v) is 3.81. The second-order valence-corrected chi connectivity index (χ2v) is 8.15. The maximum atomic E-state index is 13.3. The zero-order valence-electron chi connectivity index (χ0n) is 15.7. The lowest BCUT2D eigenvalue weighted by molar-refractivity contribution is -0.127. The molecule has 0 radical (unpaired) electrons. The van der Waals surface area contributed by atoms with Crippen molar-refractivity contribution >= 4 is 21.6 Å². The van der Waals surface area contributed by atoms with E-state index in [9.17, 15) is 13.2 Å². The van der Waals surface area contributed by atoms with E-state index in [0.717, 1.165) is 15.4 Å². The van der Waals surface area contributed by atoms with Gasteiger partial charge in [0.05, 0.1) is 17.7 Å². The number of ether oxygens (including phenoxy) is 1. The number of benzene rings is 2. The maximum absolute atomic E-state index is 13.3. The maximum Gasteiger partial charge on any atom is 0.264 e. The molecule has 0 aliphatic carbocycles. The number of amides is 1. The van der Waals surface area contributed by atoms with Gasteiger partial charge in [-0.05, 0) is 43.7 Å². The minimum atomic E-state index is -3.94. The number of anilines is 1. The van der Waals surface area contributed by atoms with Crippen LogP contribution in [0.2, 0.25) is 0 Å². The predicted octanol–water partition coefficient (Wildman–Crippen LogP) is 2.60. The van der Waals surface area contributed by atoms with Crippen LogP contribution in [0.4, 0.5) is 5.69 Å². The molecule has 0 aliphatic rings. The van der Waals surface area contributed by atoms with Crippen LogP contribution in [0, 0.1) is 13.8 Å². The summed E-state index contributed by atoms with van der Waals surface area (Å²) in [6.45, 7) is 3.42. The molecule has 0 atom stereocenters. The molecule has 0 spiro atoms. The van der Waals surface area contributed by atoms with Crippen molar-refractivity contribution in [2.75, 3.05) is 32.1 Å². The second kappa shape index (κ2) is 7.78. The van der Waals surface area contributed by atoms with Crippen LogP contribution in [-0.4, -0.2) is 47.0 Å². The highest BCUT2D eigenvalue weighted by Gasteiger charge is 2.30. The van der Waals surface area contributed by atoms with Gasteiger partial charge in [-0.25, -0.2) is 8.42 Å². The molecule has 2 rings (SSSR count). The summed E-state index contributed by atoms with van der Waals surface area (Å²) in [5.74, 6) is 0.0575. The highest BCUT2D eigenvalue weighted by atomic mass is 32.2. The Hall–Kier alpha value is -2.54. The lowest BCUT2D eigenvalue weighted by Crippen LogP contribution is -2.40. The minimum absolute atomic E-state index is 0.123. The van der Waals surface area contributed by atoms with Gasteiger partial charge in [0.2, 0.25) is 5.91 Å². The molecule has 0 aliphatic heterocycles. The van der Waals surface area contributed by atoms with E-state index in [2.05, 4.69) is 0 Å². The Morgan fingerprint density at radius 1 is 1.00 bits per heavy atom. The van der Waals surface area contributed by atoms with Crippen LogP contribution >= 0.6 is 0 Å². The topological polar surface area (TPSA) is 66.9 Å². The van der Waals surface area contributed by atoms with Crippen LogP contribution in [0.25, 0.3) is 0 Å². The van der Waals surface area contributed by atoms with Gasteiger partial charge >= 0.3 is 0 Å². The summed E-state index contributed by atoms with van der Waals surface area (Å²) in [5, 5.41) is 0. The first-order valence-corrected chi connectivity index (χ1v) is 9.55. The zero-order valence-corrected chi connectivity index (χ0v) is 16.5. The third kappa shape index (κ3) is 4.16. The number of aryl methyl sites for hydroxylation is 2. The number of hydrogen-bond acceptors (Lipinski definition) is 4. The van der Waals surface area contributed by atoms with Crippen molar-refractivity contribution in [3.05, 3.63) is 53.6 Å². The summed E-state index contributed by atoms with van der Waals surface area (Å²) in [6, 6.07) is 11.8. The van der Waals surface area contributed by atoms with Crippen LogP contribution in [0.5, 0.6) is 5.75 Å². The molecule has 6 nitrogen and oxygen atoms in total. The summed E-state index contributed by atoms with van der Waals surface area (Å²) >= 11 is 0. The highest BCUT2D eigenvalue weighted by molar-refractivity contribution is 7.92. The Kier molecular flexibility index (Phi) is 5.92. The fourth-order valence-electron chi connectivity index (χ4n) is 2.40. The minimum Gasteiger partial charge on any atom is -0.495 e. The van der Waals surface area contributed by atoms with E-state index in [1.165, 1.54) is 12.0 Å². The molecule has 140 valence electrons. The molecule has 2 aromatic rings. The Balaban J connectivity index is 2.63. The first-order valence-electron chi connectivity index (χ1n) is 8.11. The van der Waals surface area contributed by atoms with Crippen LogP contribution in [0.1, 0.15) is 11.1 Å². The Morgan fingerprint density at radius 3 is 2.12 bits per heavy atom. The zero-order chi connectivity index (χ0) is 19.5. The molecule has 0 saturated heterocycles. The number of likely N-dealkylation sites (N-methyl/N-ethyl adjacent to an activating group) is 1. The Labute approximate surface area is 155 Å². The largest absolute Gasteiger partial charge is 0.495 e. The first kappa shape index (κ1) is 19.8. The standard InChI is InChI=1S/C19H24N2O4S/c1-14-6-9-16(10-7-14)26(23,24)21(13-19(22)20(3)4)17-12-15(2)8-11-18(17)25-5/h6-12H,13H2,1-5H3. The molecule has 0 fully saturated rings. The van der Waals surface area contributed by atoms with Gasteiger partial charge in [-0.2, -0.15) is 0 Å². The van der Waals surface area contributed by atoms with E-state index in [0.29, 0.717) is 11.4 Å². The van der Waals surface area contributed by atoms with Gasteiger partial charge in [0, 0.05) is 14.1 Å². The SMILES string of the molecule is COc1ccc(C)cc1N(CC(=O)N(C)C)S(=O)(=O)c1ccc(C)cc1. The fraction of sp³-hybridized carbons (Fsp3) is 0.316. The summed E-state index contributed by atoms with van der Waals surface area (Å²) in [5.41, 5.74) is 2.15. The van der Waals surface area contributed by atoms with Crippen molar-refractivity contribution in [1.29, 1.82) is 0 Å². The van der Waals surface area contributed by atoms with Gasteiger partial charge in [0.25, 0.3) is 10.0 Å². The van der Waals surface area contributed by atoms with E-state index in [1.54, 1.807) is 50.5 Å². The van der Waals surface area contributed by atoms with Gasteiger partial charge in [0.1, 0.15) is 12.3 Å². The molecular formula is C19H24N2O4S. The van der Waals surface area contributed by atoms with E-state index in [4.69, 9.17) is 4.74 Å². The molecule has 0 saturated carbocycles. The monoisotopic (exact) mass is 376 g/mol. The van der Waals surface area contributed by atoms with Crippen molar-refractivity contribution in [1.82, 2.24) is 4.90 Å². The van der Waals surface area contributed by atoms with Gasteiger partial charge in [-0.15, -0.1) is 0 Å². The van der Waals surface area contributed by atoms with Gasteiger partial charge in [-0.1, -0.05) is 23.8 Å². The highest BCUT2D eigenvalue weighted by Crippen LogP contribution is 2.33. The molecule has 0 heterocycles. The first-order chi connectivity index (χ1) is 12.2. The van der Waals surface area contributed by atoms with Gasteiger partial charge < -0.3 is 9.64 Å². The molecule has 2 aromatic carbocycles. The van der Waals surface area contributed by atoms with Crippen molar-refractivity contribution < 1.29 is 17.9 Å². The van der Waals surface area contributed by atoms with Gasteiger partial charge in [-0.3, -0.25) is 9.10 Å². The van der Waals surface area contributed by atoms with Crippen molar-refractivity contribution in [2.24, 2.45) is 0 Å². The van der Waals surface area contributed by atoms with Crippen LogP contribution in [0.3, 0.4) is 0 Å². The third-order valence-corrected chi connectivity index (χ3v) is 5.76. The van der Waals surface area contributed by atoms with Crippen LogP contribution in [0.15, 0.2) is 47.4 Å². The molecule has 7 heteroatoms. The smallest absolute Gasteiger partial charge is 0.264 e.